The van der Waals surface area contributed by atoms with E-state index < -0.39 is 0 Å². The first-order chi connectivity index (χ1) is 8.62. The van der Waals surface area contributed by atoms with Crippen LogP contribution in [0.4, 0.5) is 0 Å². The summed E-state index contributed by atoms with van der Waals surface area (Å²) in [5, 5.41) is 7.55. The fourth-order valence-electron chi connectivity index (χ4n) is 2.87. The van der Waals surface area contributed by atoms with Gasteiger partial charge in [0, 0.05) is 6.54 Å². The van der Waals surface area contributed by atoms with E-state index in [-0.39, 0.29) is 12.1 Å². The molecule has 4 heteroatoms. The van der Waals surface area contributed by atoms with Gasteiger partial charge in [0.1, 0.15) is 6.17 Å². The second-order valence-corrected chi connectivity index (χ2v) is 6.66. The number of thiophene rings is 1. The van der Waals surface area contributed by atoms with Gasteiger partial charge in [-0.1, -0.05) is 13.8 Å². The highest BCUT2D eigenvalue weighted by Crippen LogP contribution is 2.53. The Morgan fingerprint density at radius 2 is 2.33 bits per heavy atom. The molecule has 1 unspecified atom stereocenters. The van der Waals surface area contributed by atoms with Crippen molar-refractivity contribution < 1.29 is 4.79 Å². The van der Waals surface area contributed by atoms with Crippen molar-refractivity contribution in [2.24, 2.45) is 11.3 Å². The van der Waals surface area contributed by atoms with Crippen molar-refractivity contribution in [1.29, 1.82) is 0 Å². The first kappa shape index (κ1) is 12.2. The van der Waals surface area contributed by atoms with Crippen LogP contribution < -0.4 is 5.32 Å². The van der Waals surface area contributed by atoms with Crippen molar-refractivity contribution in [3.63, 3.8) is 0 Å². The van der Waals surface area contributed by atoms with Crippen LogP contribution in [-0.4, -0.2) is 23.9 Å². The van der Waals surface area contributed by atoms with Gasteiger partial charge in [-0.15, -0.1) is 0 Å². The van der Waals surface area contributed by atoms with Gasteiger partial charge in [-0.2, -0.15) is 11.3 Å². The van der Waals surface area contributed by atoms with Crippen LogP contribution >= 0.6 is 11.3 Å². The summed E-state index contributed by atoms with van der Waals surface area (Å²) in [6, 6.07) is 2.11. The summed E-state index contributed by atoms with van der Waals surface area (Å²) in [7, 11) is 0. The number of amides is 1. The van der Waals surface area contributed by atoms with Gasteiger partial charge < -0.3 is 4.90 Å². The molecular weight excluding hydrogens is 244 g/mol. The maximum Gasteiger partial charge on any atom is 0.238 e. The molecule has 0 radical (unpaired) electrons. The molecule has 2 aliphatic rings. The van der Waals surface area contributed by atoms with Crippen LogP contribution in [0.1, 0.15) is 38.4 Å². The Morgan fingerprint density at radius 1 is 1.56 bits per heavy atom. The molecule has 0 bridgehead atoms. The van der Waals surface area contributed by atoms with Gasteiger partial charge in [0.25, 0.3) is 0 Å². The van der Waals surface area contributed by atoms with E-state index in [1.54, 1.807) is 11.3 Å². The highest BCUT2D eigenvalue weighted by molar-refractivity contribution is 7.07. The van der Waals surface area contributed by atoms with Gasteiger partial charge in [-0.3, -0.25) is 10.1 Å². The molecule has 1 aromatic heterocycles. The number of rotatable bonds is 4. The predicted octanol–water partition coefficient (Wildman–Crippen LogP) is 2.61. The smallest absolute Gasteiger partial charge is 0.238 e. The van der Waals surface area contributed by atoms with E-state index in [4.69, 9.17) is 0 Å². The van der Waals surface area contributed by atoms with Crippen molar-refractivity contribution in [3.05, 3.63) is 22.4 Å². The monoisotopic (exact) mass is 264 g/mol. The molecule has 18 heavy (non-hydrogen) atoms. The molecule has 1 saturated heterocycles. The van der Waals surface area contributed by atoms with Gasteiger partial charge in [0.15, 0.2) is 0 Å². The maximum absolute atomic E-state index is 12.1. The second kappa shape index (κ2) is 4.35. The number of carbonyl (C=O) groups excluding carboxylic acids is 1. The Hall–Kier alpha value is -0.870. The van der Waals surface area contributed by atoms with Crippen LogP contribution in [0.5, 0.6) is 0 Å². The van der Waals surface area contributed by atoms with Gasteiger partial charge in [-0.25, -0.2) is 0 Å². The molecule has 2 fully saturated rings. The van der Waals surface area contributed by atoms with Crippen LogP contribution in [0.25, 0.3) is 0 Å². The normalized spacial score (nSPS) is 26.1. The summed E-state index contributed by atoms with van der Waals surface area (Å²) < 4.78 is 0. The Kier molecular flexibility index (Phi) is 2.94. The summed E-state index contributed by atoms with van der Waals surface area (Å²) in [4.78, 5) is 14.1. The fourth-order valence-corrected chi connectivity index (χ4v) is 3.54. The van der Waals surface area contributed by atoms with Crippen molar-refractivity contribution in [2.75, 3.05) is 13.1 Å². The van der Waals surface area contributed by atoms with Crippen LogP contribution in [-0.2, 0) is 4.79 Å². The molecule has 0 spiro atoms. The Morgan fingerprint density at radius 3 is 2.89 bits per heavy atom. The molecule has 3 rings (SSSR count). The standard InChI is InChI=1S/C14H20N2OS/c1-10(2)14(4-5-14)9-16-12(17)7-15-13(16)11-3-6-18-8-11/h3,6,8,10,13,15H,4-5,7,9H2,1-2H3. The lowest BCUT2D eigenvalue weighted by Gasteiger charge is -2.30. The van der Waals surface area contributed by atoms with Gasteiger partial charge in [-0.05, 0) is 46.6 Å². The molecule has 1 aliphatic heterocycles. The summed E-state index contributed by atoms with van der Waals surface area (Å²) >= 11 is 1.69. The van der Waals surface area contributed by atoms with E-state index in [9.17, 15) is 4.79 Å². The van der Waals surface area contributed by atoms with Crippen molar-refractivity contribution in [2.45, 2.75) is 32.9 Å². The molecule has 1 atom stereocenters. The second-order valence-electron chi connectivity index (χ2n) is 5.88. The highest BCUT2D eigenvalue weighted by atomic mass is 32.1. The van der Waals surface area contributed by atoms with Crippen molar-refractivity contribution in [3.8, 4) is 0 Å². The zero-order chi connectivity index (χ0) is 12.8. The molecule has 1 aromatic rings. The van der Waals surface area contributed by atoms with Crippen molar-refractivity contribution >= 4 is 17.2 Å². The first-order valence-electron chi connectivity index (χ1n) is 6.67. The Labute approximate surface area is 112 Å². The number of hydrogen-bond acceptors (Lipinski definition) is 3. The lowest BCUT2D eigenvalue weighted by Crippen LogP contribution is -2.37. The van der Waals surface area contributed by atoms with Crippen LogP contribution in [0.15, 0.2) is 16.8 Å². The van der Waals surface area contributed by atoms with Gasteiger partial charge in [0.05, 0.1) is 6.54 Å². The molecule has 2 heterocycles. The average Bonchev–Trinajstić information content (AvgIpc) is 2.77. The van der Waals surface area contributed by atoms with Crippen LogP contribution in [0.3, 0.4) is 0 Å². The molecular formula is C14H20N2OS. The number of nitrogens with zero attached hydrogens (tertiary/aromatic N) is 1. The van der Waals surface area contributed by atoms with Gasteiger partial charge in [0.2, 0.25) is 5.91 Å². The molecule has 1 aliphatic carbocycles. The quantitative estimate of drug-likeness (QED) is 0.906. The van der Waals surface area contributed by atoms with E-state index in [1.807, 2.05) is 0 Å². The summed E-state index contributed by atoms with van der Waals surface area (Å²) in [5.74, 6) is 0.909. The summed E-state index contributed by atoms with van der Waals surface area (Å²) in [6.07, 6.45) is 2.63. The third-order valence-corrected chi connectivity index (χ3v) is 5.24. The highest BCUT2D eigenvalue weighted by Gasteiger charge is 2.49. The third kappa shape index (κ3) is 1.97. The lowest BCUT2D eigenvalue weighted by molar-refractivity contribution is -0.129. The van der Waals surface area contributed by atoms with Crippen molar-refractivity contribution in [1.82, 2.24) is 10.2 Å². The van der Waals surface area contributed by atoms with E-state index in [0.29, 0.717) is 17.9 Å². The third-order valence-electron chi connectivity index (χ3n) is 4.54. The zero-order valence-corrected chi connectivity index (χ0v) is 11.8. The minimum absolute atomic E-state index is 0.0972. The summed E-state index contributed by atoms with van der Waals surface area (Å²) in [6.45, 7) is 5.95. The topological polar surface area (TPSA) is 32.3 Å². The Balaban J connectivity index is 1.78. The largest absolute Gasteiger partial charge is 0.321 e. The fraction of sp³-hybridized carbons (Fsp3) is 0.643. The Bertz CT molecular complexity index is 437. The summed E-state index contributed by atoms with van der Waals surface area (Å²) in [5.41, 5.74) is 1.61. The number of hydrogen-bond donors (Lipinski definition) is 1. The van der Waals surface area contributed by atoms with E-state index >= 15 is 0 Å². The minimum atomic E-state index is 0.0972. The average molecular weight is 264 g/mol. The van der Waals surface area contributed by atoms with Gasteiger partial charge >= 0.3 is 0 Å². The molecule has 1 N–H and O–H groups in total. The molecule has 1 saturated carbocycles. The van der Waals surface area contributed by atoms with E-state index in [1.165, 1.54) is 18.4 Å². The molecule has 0 aromatic carbocycles. The van der Waals surface area contributed by atoms with Crippen LogP contribution in [0, 0.1) is 11.3 Å². The maximum atomic E-state index is 12.1. The molecule has 1 amide bonds. The lowest BCUT2D eigenvalue weighted by atomic mass is 9.91. The van der Waals surface area contributed by atoms with E-state index in [0.717, 1.165) is 6.54 Å². The molecule has 3 nitrogen and oxygen atoms in total. The minimum Gasteiger partial charge on any atom is -0.321 e. The SMILES string of the molecule is CC(C)C1(CN2C(=O)CNC2c2ccsc2)CC1. The van der Waals surface area contributed by atoms with E-state index in [2.05, 4.69) is 40.9 Å². The predicted molar refractivity (Wildman–Crippen MR) is 73.3 cm³/mol. The number of carbonyl (C=O) groups is 1. The molecule has 98 valence electrons. The zero-order valence-electron chi connectivity index (χ0n) is 11.0. The number of nitrogens with one attached hydrogen (secondary N) is 1. The first-order valence-corrected chi connectivity index (χ1v) is 7.62. The van der Waals surface area contributed by atoms with Crippen LogP contribution in [0.2, 0.25) is 0 Å².